The van der Waals surface area contributed by atoms with Crippen LogP contribution in [0.1, 0.15) is 38.3 Å². The van der Waals surface area contributed by atoms with E-state index in [2.05, 4.69) is 47.4 Å². The van der Waals surface area contributed by atoms with Gasteiger partial charge in [-0.3, -0.25) is 9.59 Å². The van der Waals surface area contributed by atoms with Crippen LogP contribution in [0.2, 0.25) is 0 Å². The number of Topliss-reactive ketones (excluding diaryl/α,β-unsaturated/α-hetero) is 2. The highest BCUT2D eigenvalue weighted by molar-refractivity contribution is 6.39. The van der Waals surface area contributed by atoms with Crippen molar-refractivity contribution in [1.29, 1.82) is 0 Å². The zero-order valence-corrected chi connectivity index (χ0v) is 16.4. The van der Waals surface area contributed by atoms with E-state index in [1.165, 1.54) is 27.6 Å². The van der Waals surface area contributed by atoms with Gasteiger partial charge in [0.25, 0.3) is 0 Å². The van der Waals surface area contributed by atoms with Crippen LogP contribution >= 0.6 is 0 Å². The molecule has 0 aromatic heterocycles. The van der Waals surface area contributed by atoms with Crippen LogP contribution < -0.4 is 0 Å². The quantitative estimate of drug-likeness (QED) is 0.436. The predicted octanol–water partition coefficient (Wildman–Crippen LogP) is 5.38. The first-order valence-corrected chi connectivity index (χ1v) is 10.2. The molecule has 3 aromatic carbocycles. The summed E-state index contributed by atoms with van der Waals surface area (Å²) < 4.78 is 0. The third-order valence-corrected chi connectivity index (χ3v) is 6.36. The number of fused-ring (bicyclic) bond motifs is 4. The van der Waals surface area contributed by atoms with E-state index in [1.807, 2.05) is 6.08 Å². The van der Waals surface area contributed by atoms with Crippen molar-refractivity contribution in [2.75, 3.05) is 0 Å². The van der Waals surface area contributed by atoms with E-state index >= 15 is 0 Å². The van der Waals surface area contributed by atoms with E-state index in [4.69, 9.17) is 0 Å². The summed E-state index contributed by atoms with van der Waals surface area (Å²) in [5, 5.41) is 2.60. The fraction of sp³-hybridized carbons (Fsp3) is 0.111. The summed E-state index contributed by atoms with van der Waals surface area (Å²) in [4.78, 5) is 27.7. The van der Waals surface area contributed by atoms with Gasteiger partial charge in [-0.2, -0.15) is 0 Å². The molecule has 3 aromatic rings. The Hall–Kier alpha value is -3.72. The Balaban J connectivity index is 1.22. The summed E-state index contributed by atoms with van der Waals surface area (Å²) in [5.74, 6) is -0.324. The van der Waals surface area contributed by atoms with Gasteiger partial charge in [0.2, 0.25) is 0 Å². The molecule has 0 saturated carbocycles. The Bertz CT molecular complexity index is 1320. The summed E-state index contributed by atoms with van der Waals surface area (Å²) >= 11 is 0. The topological polar surface area (TPSA) is 37.4 Å². The monoisotopic (exact) mass is 389 g/mol. The van der Waals surface area contributed by atoms with Crippen LogP contribution in [0.25, 0.3) is 10.8 Å². The average molecular weight is 389 g/mol. The van der Waals surface area contributed by atoms with Gasteiger partial charge in [-0.1, -0.05) is 66.7 Å². The van der Waals surface area contributed by atoms with Crippen LogP contribution in [0.15, 0.2) is 95.7 Å². The minimum atomic E-state index is -0.162. The van der Waals surface area contributed by atoms with Crippen molar-refractivity contribution < 1.29 is 9.59 Å². The Labute approximate surface area is 174 Å². The molecule has 0 saturated heterocycles. The first-order chi connectivity index (χ1) is 14.7. The highest BCUT2D eigenvalue weighted by atomic mass is 16.2. The van der Waals surface area contributed by atoms with E-state index in [0.717, 1.165) is 25.1 Å². The molecule has 0 fully saturated rings. The number of hydrogen-bond donors (Lipinski definition) is 0. The van der Waals surface area contributed by atoms with Crippen molar-refractivity contribution >= 4 is 22.3 Å². The SMILES string of the molecule is O=C1C(=CC2=CC=C(N3Cc4ccc5ccccc5c4C3)C2)C(=O)c2ccccc21. The fourth-order valence-corrected chi connectivity index (χ4v) is 4.81. The van der Waals surface area contributed by atoms with E-state index in [-0.39, 0.29) is 17.1 Å². The molecule has 0 unspecified atom stereocenters. The van der Waals surface area contributed by atoms with Crippen LogP contribution in [0.5, 0.6) is 0 Å². The number of allylic oxidation sites excluding steroid dienone is 5. The molecular formula is C27H19NO2. The maximum atomic E-state index is 12.7. The lowest BCUT2D eigenvalue weighted by atomic mass is 10.0. The van der Waals surface area contributed by atoms with Gasteiger partial charge < -0.3 is 4.90 Å². The lowest BCUT2D eigenvalue weighted by molar-refractivity contribution is 0.0988. The van der Waals surface area contributed by atoms with Crippen molar-refractivity contribution in [2.45, 2.75) is 19.5 Å². The van der Waals surface area contributed by atoms with Gasteiger partial charge in [0.1, 0.15) is 0 Å². The second kappa shape index (κ2) is 6.39. The normalized spacial score (nSPS) is 17.3. The molecule has 0 amide bonds. The zero-order chi connectivity index (χ0) is 20.2. The Morgan fingerprint density at radius 2 is 1.50 bits per heavy atom. The Kier molecular flexibility index (Phi) is 3.66. The van der Waals surface area contributed by atoms with E-state index in [0.29, 0.717) is 11.1 Å². The molecule has 1 aliphatic heterocycles. The molecule has 3 nitrogen and oxygen atoms in total. The van der Waals surface area contributed by atoms with Crippen molar-refractivity contribution in [2.24, 2.45) is 0 Å². The first kappa shape index (κ1) is 17.2. The number of carbonyl (C=O) groups is 2. The highest BCUT2D eigenvalue weighted by Gasteiger charge is 2.33. The first-order valence-electron chi connectivity index (χ1n) is 10.2. The van der Waals surface area contributed by atoms with Gasteiger partial charge in [0, 0.05) is 36.3 Å². The van der Waals surface area contributed by atoms with Crippen LogP contribution in [-0.2, 0) is 13.1 Å². The van der Waals surface area contributed by atoms with Crippen LogP contribution in [-0.4, -0.2) is 16.5 Å². The maximum absolute atomic E-state index is 12.7. The van der Waals surface area contributed by atoms with Crippen LogP contribution in [0.4, 0.5) is 0 Å². The fourth-order valence-electron chi connectivity index (χ4n) is 4.81. The molecule has 144 valence electrons. The third-order valence-electron chi connectivity index (χ3n) is 6.36. The van der Waals surface area contributed by atoms with Crippen molar-refractivity contribution in [1.82, 2.24) is 4.90 Å². The predicted molar refractivity (Wildman–Crippen MR) is 117 cm³/mol. The molecule has 3 aliphatic rings. The van der Waals surface area contributed by atoms with Gasteiger partial charge in [0.15, 0.2) is 11.6 Å². The van der Waals surface area contributed by atoms with Gasteiger partial charge in [-0.15, -0.1) is 0 Å². The molecule has 2 aliphatic carbocycles. The minimum absolute atomic E-state index is 0.162. The summed E-state index contributed by atoms with van der Waals surface area (Å²) in [6, 6.07) is 20.0. The van der Waals surface area contributed by atoms with Gasteiger partial charge in [-0.25, -0.2) is 0 Å². The highest BCUT2D eigenvalue weighted by Crippen LogP contribution is 2.36. The molecule has 0 N–H and O–H groups in total. The lowest BCUT2D eigenvalue weighted by Crippen LogP contribution is -2.14. The standard InChI is InChI=1S/C27H19NO2/c29-26-22-7-3-4-8-23(22)27(30)24(26)14-17-9-12-20(13-17)28-15-19-11-10-18-5-1-2-6-21(18)25(19)16-28/h1-12,14H,13,15-16H2. The molecule has 1 heterocycles. The van der Waals surface area contributed by atoms with Gasteiger partial charge in [-0.05, 0) is 39.6 Å². The Morgan fingerprint density at radius 3 is 2.30 bits per heavy atom. The number of ketones is 2. The summed E-state index contributed by atoms with van der Waals surface area (Å²) in [7, 11) is 0. The summed E-state index contributed by atoms with van der Waals surface area (Å²) in [6.07, 6.45) is 6.68. The van der Waals surface area contributed by atoms with Crippen molar-refractivity contribution in [3.05, 3.63) is 118 Å². The van der Waals surface area contributed by atoms with Gasteiger partial charge >= 0.3 is 0 Å². The zero-order valence-electron chi connectivity index (χ0n) is 16.4. The van der Waals surface area contributed by atoms with E-state index in [9.17, 15) is 9.59 Å². The molecular weight excluding hydrogens is 370 g/mol. The van der Waals surface area contributed by atoms with E-state index < -0.39 is 0 Å². The number of carbonyl (C=O) groups excluding carboxylic acids is 2. The molecule has 0 spiro atoms. The second-order valence-electron chi connectivity index (χ2n) is 8.12. The molecule has 0 atom stereocenters. The molecule has 0 bridgehead atoms. The smallest absolute Gasteiger partial charge is 0.197 e. The van der Waals surface area contributed by atoms with Crippen molar-refractivity contribution in [3.8, 4) is 0 Å². The molecule has 3 heteroatoms. The number of hydrogen-bond acceptors (Lipinski definition) is 3. The molecule has 6 rings (SSSR count). The third kappa shape index (κ3) is 2.52. The summed E-state index contributed by atoms with van der Waals surface area (Å²) in [6.45, 7) is 1.79. The largest absolute Gasteiger partial charge is 0.366 e. The number of rotatable bonds is 2. The van der Waals surface area contributed by atoms with Gasteiger partial charge in [0.05, 0.1) is 5.57 Å². The molecule has 30 heavy (non-hydrogen) atoms. The van der Waals surface area contributed by atoms with Crippen LogP contribution in [0, 0.1) is 0 Å². The lowest BCUT2D eigenvalue weighted by Gasteiger charge is -2.19. The number of benzene rings is 3. The van der Waals surface area contributed by atoms with Crippen molar-refractivity contribution in [3.63, 3.8) is 0 Å². The Morgan fingerprint density at radius 1 is 0.767 bits per heavy atom. The average Bonchev–Trinajstić information content (AvgIpc) is 3.48. The second-order valence-corrected chi connectivity index (χ2v) is 8.12. The summed E-state index contributed by atoms with van der Waals surface area (Å²) in [5.41, 5.74) is 6.33. The van der Waals surface area contributed by atoms with E-state index in [1.54, 1.807) is 30.3 Å². The molecule has 0 radical (unpaired) electrons. The van der Waals surface area contributed by atoms with Crippen LogP contribution in [0.3, 0.4) is 0 Å². The number of nitrogens with zero attached hydrogens (tertiary/aromatic N) is 1. The minimum Gasteiger partial charge on any atom is -0.366 e. The maximum Gasteiger partial charge on any atom is 0.197 e.